The van der Waals surface area contributed by atoms with Crippen LogP contribution in [0.1, 0.15) is 45.6 Å². The van der Waals surface area contributed by atoms with E-state index in [9.17, 15) is 9.59 Å². The van der Waals surface area contributed by atoms with Gasteiger partial charge in [-0.3, -0.25) is 14.6 Å². The Kier molecular flexibility index (Phi) is 6.12. The molecule has 2 heterocycles. The number of amides is 2. The number of hydrogen-bond acceptors (Lipinski definition) is 3. The largest absolute Gasteiger partial charge is 0.353 e. The van der Waals surface area contributed by atoms with Crippen LogP contribution >= 0.6 is 0 Å². The van der Waals surface area contributed by atoms with E-state index in [0.717, 1.165) is 23.1 Å². The summed E-state index contributed by atoms with van der Waals surface area (Å²) >= 11 is 0. The van der Waals surface area contributed by atoms with E-state index in [2.05, 4.69) is 41.5 Å². The quantitative estimate of drug-likeness (QED) is 0.767. The van der Waals surface area contributed by atoms with Crippen LogP contribution in [0, 0.1) is 17.3 Å². The number of aromatic nitrogens is 1. The maximum absolute atomic E-state index is 13.3. The molecule has 2 atom stereocenters. The molecule has 1 aliphatic heterocycles. The van der Waals surface area contributed by atoms with Crippen LogP contribution in [0.4, 0.5) is 0 Å². The SMILES string of the molecule is CC(C)NC(=O)C1(Cc2ccc(-c3cccnc3)cc2)CCN(C(=O)[C@H]2C[C@H]2C)CC1. The fourth-order valence-corrected chi connectivity index (χ4v) is 4.69. The number of carbonyl (C=O) groups excluding carboxylic acids is 2. The molecule has 31 heavy (non-hydrogen) atoms. The van der Waals surface area contributed by atoms with Gasteiger partial charge >= 0.3 is 0 Å². The summed E-state index contributed by atoms with van der Waals surface area (Å²) < 4.78 is 0. The van der Waals surface area contributed by atoms with Crippen molar-refractivity contribution in [2.45, 2.75) is 52.5 Å². The lowest BCUT2D eigenvalue weighted by Gasteiger charge is -2.41. The molecular formula is C26H33N3O2. The third-order valence-electron chi connectivity index (χ3n) is 6.85. The van der Waals surface area contributed by atoms with Crippen molar-refractivity contribution in [1.82, 2.24) is 15.2 Å². The molecule has 1 aromatic carbocycles. The van der Waals surface area contributed by atoms with Crippen LogP contribution in [-0.2, 0) is 16.0 Å². The second-order valence-electron chi connectivity index (χ2n) is 9.67. The maximum atomic E-state index is 13.3. The van der Waals surface area contributed by atoms with Gasteiger partial charge in [-0.25, -0.2) is 0 Å². The third kappa shape index (κ3) is 4.81. The molecule has 1 saturated carbocycles. The average Bonchev–Trinajstić information content (AvgIpc) is 3.51. The summed E-state index contributed by atoms with van der Waals surface area (Å²) in [5.74, 6) is 1.12. The van der Waals surface area contributed by atoms with Crippen LogP contribution < -0.4 is 5.32 Å². The topological polar surface area (TPSA) is 62.3 Å². The molecule has 1 saturated heterocycles. The number of hydrogen-bond donors (Lipinski definition) is 1. The summed E-state index contributed by atoms with van der Waals surface area (Å²) in [6.07, 6.45) is 6.76. The van der Waals surface area contributed by atoms with Crippen LogP contribution in [-0.4, -0.2) is 40.8 Å². The number of pyridine rings is 1. The van der Waals surface area contributed by atoms with Crippen molar-refractivity contribution < 1.29 is 9.59 Å². The molecule has 2 amide bonds. The molecule has 4 rings (SSSR count). The minimum absolute atomic E-state index is 0.101. The van der Waals surface area contributed by atoms with Gasteiger partial charge in [0.2, 0.25) is 11.8 Å². The molecule has 0 spiro atoms. The number of rotatable bonds is 6. The molecule has 1 aromatic heterocycles. The first-order valence-corrected chi connectivity index (χ1v) is 11.5. The highest BCUT2D eigenvalue weighted by atomic mass is 16.2. The summed E-state index contributed by atoms with van der Waals surface area (Å²) in [4.78, 5) is 32.1. The van der Waals surface area contributed by atoms with Crippen LogP contribution in [0.3, 0.4) is 0 Å². The normalized spacial score (nSPS) is 22.3. The Morgan fingerprint density at radius 1 is 1.13 bits per heavy atom. The van der Waals surface area contributed by atoms with E-state index in [0.29, 0.717) is 38.3 Å². The summed E-state index contributed by atoms with van der Waals surface area (Å²) in [5, 5.41) is 3.15. The molecule has 2 fully saturated rings. The summed E-state index contributed by atoms with van der Waals surface area (Å²) in [7, 11) is 0. The van der Waals surface area contributed by atoms with E-state index in [1.807, 2.05) is 37.1 Å². The summed E-state index contributed by atoms with van der Waals surface area (Å²) in [6.45, 7) is 7.48. The molecule has 0 radical (unpaired) electrons. The molecule has 0 unspecified atom stereocenters. The average molecular weight is 420 g/mol. The van der Waals surface area contributed by atoms with Crippen LogP contribution in [0.5, 0.6) is 0 Å². The fourth-order valence-electron chi connectivity index (χ4n) is 4.69. The van der Waals surface area contributed by atoms with Gasteiger partial charge in [-0.05, 0) is 68.2 Å². The fraction of sp³-hybridized carbons (Fsp3) is 0.500. The Morgan fingerprint density at radius 2 is 1.81 bits per heavy atom. The van der Waals surface area contributed by atoms with E-state index < -0.39 is 5.41 Å². The molecule has 1 N–H and O–H groups in total. The van der Waals surface area contributed by atoms with Crippen molar-refractivity contribution in [2.24, 2.45) is 17.3 Å². The lowest BCUT2D eigenvalue weighted by atomic mass is 9.72. The molecule has 2 aliphatic rings. The molecule has 164 valence electrons. The number of piperidine rings is 1. The third-order valence-corrected chi connectivity index (χ3v) is 6.85. The molecule has 2 aromatic rings. The van der Waals surface area contributed by atoms with Gasteiger partial charge < -0.3 is 10.2 Å². The van der Waals surface area contributed by atoms with Crippen molar-refractivity contribution in [3.8, 4) is 11.1 Å². The Bertz CT molecular complexity index is 915. The number of likely N-dealkylation sites (tertiary alicyclic amines) is 1. The monoisotopic (exact) mass is 419 g/mol. The molecule has 5 nitrogen and oxygen atoms in total. The number of nitrogens with zero attached hydrogens (tertiary/aromatic N) is 2. The summed E-state index contributed by atoms with van der Waals surface area (Å²) in [5.41, 5.74) is 2.90. The van der Waals surface area contributed by atoms with Gasteiger partial charge in [0.25, 0.3) is 0 Å². The second-order valence-corrected chi connectivity index (χ2v) is 9.67. The van der Waals surface area contributed by atoms with Crippen molar-refractivity contribution in [1.29, 1.82) is 0 Å². The highest BCUT2D eigenvalue weighted by molar-refractivity contribution is 5.85. The lowest BCUT2D eigenvalue weighted by molar-refractivity contribution is -0.141. The molecule has 5 heteroatoms. The van der Waals surface area contributed by atoms with E-state index in [-0.39, 0.29) is 23.8 Å². The first kappa shape index (κ1) is 21.5. The predicted octanol–water partition coefficient (Wildman–Crippen LogP) is 4.08. The first-order valence-electron chi connectivity index (χ1n) is 11.5. The van der Waals surface area contributed by atoms with Crippen LogP contribution in [0.25, 0.3) is 11.1 Å². The number of benzene rings is 1. The molecule has 0 bridgehead atoms. The Labute approximate surface area is 185 Å². The zero-order chi connectivity index (χ0) is 22.0. The van der Waals surface area contributed by atoms with E-state index >= 15 is 0 Å². The Balaban J connectivity index is 1.49. The van der Waals surface area contributed by atoms with Crippen LogP contribution in [0.15, 0.2) is 48.8 Å². The minimum Gasteiger partial charge on any atom is -0.353 e. The molecule has 1 aliphatic carbocycles. The Hall–Kier alpha value is -2.69. The maximum Gasteiger partial charge on any atom is 0.226 e. The molecular weight excluding hydrogens is 386 g/mol. The van der Waals surface area contributed by atoms with Crippen molar-refractivity contribution >= 4 is 11.8 Å². The zero-order valence-electron chi connectivity index (χ0n) is 18.8. The second kappa shape index (κ2) is 8.81. The minimum atomic E-state index is -0.466. The van der Waals surface area contributed by atoms with E-state index in [1.165, 1.54) is 0 Å². The van der Waals surface area contributed by atoms with Gasteiger partial charge in [0.05, 0.1) is 5.41 Å². The highest BCUT2D eigenvalue weighted by Gasteiger charge is 2.46. The first-order chi connectivity index (χ1) is 14.9. The lowest BCUT2D eigenvalue weighted by Crippen LogP contribution is -2.52. The highest BCUT2D eigenvalue weighted by Crippen LogP contribution is 2.42. The number of nitrogens with one attached hydrogen (secondary N) is 1. The number of carbonyl (C=O) groups is 2. The van der Waals surface area contributed by atoms with E-state index in [1.54, 1.807) is 6.20 Å². The van der Waals surface area contributed by atoms with Crippen LogP contribution in [0.2, 0.25) is 0 Å². The van der Waals surface area contributed by atoms with Gasteiger partial charge in [0.1, 0.15) is 0 Å². The summed E-state index contributed by atoms with van der Waals surface area (Å²) in [6, 6.07) is 12.5. The van der Waals surface area contributed by atoms with Crippen molar-refractivity contribution in [3.63, 3.8) is 0 Å². The standard InChI is InChI=1S/C26H33N3O2/c1-18(2)28-25(31)26(10-13-29(14-11-26)24(30)23-15-19(23)3)16-20-6-8-21(9-7-20)22-5-4-12-27-17-22/h4-9,12,17-19,23H,10-11,13-16H2,1-3H3,(H,28,31)/t19-,23+/m1/s1. The predicted molar refractivity (Wildman–Crippen MR) is 122 cm³/mol. The van der Waals surface area contributed by atoms with Crippen molar-refractivity contribution in [3.05, 3.63) is 54.4 Å². The van der Waals surface area contributed by atoms with E-state index in [4.69, 9.17) is 0 Å². The van der Waals surface area contributed by atoms with Gasteiger partial charge in [0, 0.05) is 37.4 Å². The van der Waals surface area contributed by atoms with Gasteiger partial charge in [-0.1, -0.05) is 37.3 Å². The Morgan fingerprint density at radius 3 is 2.35 bits per heavy atom. The van der Waals surface area contributed by atoms with Gasteiger partial charge in [0.15, 0.2) is 0 Å². The van der Waals surface area contributed by atoms with Crippen molar-refractivity contribution in [2.75, 3.05) is 13.1 Å². The van der Waals surface area contributed by atoms with Gasteiger partial charge in [-0.15, -0.1) is 0 Å². The van der Waals surface area contributed by atoms with Gasteiger partial charge in [-0.2, -0.15) is 0 Å². The smallest absolute Gasteiger partial charge is 0.226 e. The zero-order valence-corrected chi connectivity index (χ0v) is 18.8.